The van der Waals surface area contributed by atoms with Gasteiger partial charge < -0.3 is 14.7 Å². The number of nitrogens with zero attached hydrogens (tertiary/aromatic N) is 1. The second kappa shape index (κ2) is 5.26. The third kappa shape index (κ3) is 3.24. The van der Waals surface area contributed by atoms with Crippen molar-refractivity contribution in [3.8, 4) is 0 Å². The average Bonchev–Trinajstić information content (AvgIpc) is 2.35. The molecule has 0 amide bonds. The van der Waals surface area contributed by atoms with E-state index in [9.17, 15) is 18.3 Å². The van der Waals surface area contributed by atoms with Crippen molar-refractivity contribution in [2.75, 3.05) is 24.6 Å². The van der Waals surface area contributed by atoms with Gasteiger partial charge in [0.15, 0.2) is 0 Å². The van der Waals surface area contributed by atoms with Crippen molar-refractivity contribution < 1.29 is 23.0 Å². The molecule has 0 aliphatic carbocycles. The third-order valence-electron chi connectivity index (χ3n) is 3.24. The van der Waals surface area contributed by atoms with Crippen LogP contribution >= 0.6 is 0 Å². The Labute approximate surface area is 116 Å². The second-order valence-corrected chi connectivity index (χ2v) is 5.58. The molecule has 1 aromatic rings. The monoisotopic (exact) mass is 289 g/mol. The maximum atomic E-state index is 13.1. The SMILES string of the molecule is CC1(C)CN(c2ccccc2C(F)(F)F)CC(CO)O1. The summed E-state index contributed by atoms with van der Waals surface area (Å²) in [6, 6.07) is 5.49. The Kier molecular flexibility index (Phi) is 3.97. The van der Waals surface area contributed by atoms with E-state index in [0.29, 0.717) is 6.54 Å². The summed E-state index contributed by atoms with van der Waals surface area (Å²) >= 11 is 0. The van der Waals surface area contributed by atoms with Gasteiger partial charge in [0.25, 0.3) is 0 Å². The largest absolute Gasteiger partial charge is 0.418 e. The fraction of sp³-hybridized carbons (Fsp3) is 0.571. The lowest BCUT2D eigenvalue weighted by Gasteiger charge is -2.44. The molecule has 0 spiro atoms. The Bertz CT molecular complexity index is 474. The van der Waals surface area contributed by atoms with E-state index in [2.05, 4.69) is 0 Å². The highest BCUT2D eigenvalue weighted by Crippen LogP contribution is 2.38. The molecular formula is C14H18F3NO2. The van der Waals surface area contributed by atoms with Gasteiger partial charge in [-0.15, -0.1) is 0 Å². The number of para-hydroxylation sites is 1. The summed E-state index contributed by atoms with van der Waals surface area (Å²) in [6.45, 7) is 3.98. The highest BCUT2D eigenvalue weighted by molar-refractivity contribution is 5.55. The molecule has 1 heterocycles. The molecule has 0 bridgehead atoms. The second-order valence-electron chi connectivity index (χ2n) is 5.58. The van der Waals surface area contributed by atoms with Gasteiger partial charge in [0.1, 0.15) is 0 Å². The van der Waals surface area contributed by atoms with Gasteiger partial charge in [-0.05, 0) is 26.0 Å². The van der Waals surface area contributed by atoms with Crippen LogP contribution in [0.5, 0.6) is 0 Å². The number of anilines is 1. The molecule has 3 nitrogen and oxygen atoms in total. The molecule has 1 atom stereocenters. The molecule has 0 aromatic heterocycles. The quantitative estimate of drug-likeness (QED) is 0.908. The Morgan fingerprint density at radius 2 is 2.00 bits per heavy atom. The van der Waals surface area contributed by atoms with E-state index in [1.54, 1.807) is 24.8 Å². The van der Waals surface area contributed by atoms with Gasteiger partial charge in [-0.1, -0.05) is 12.1 Å². The van der Waals surface area contributed by atoms with Gasteiger partial charge in [-0.3, -0.25) is 0 Å². The highest BCUT2D eigenvalue weighted by Gasteiger charge is 2.38. The zero-order valence-electron chi connectivity index (χ0n) is 11.4. The molecule has 1 saturated heterocycles. The molecule has 1 aromatic carbocycles. The maximum absolute atomic E-state index is 13.1. The van der Waals surface area contributed by atoms with Crippen molar-refractivity contribution in [3.05, 3.63) is 29.8 Å². The van der Waals surface area contributed by atoms with Crippen LogP contribution in [0.25, 0.3) is 0 Å². The molecule has 1 aliphatic heterocycles. The van der Waals surface area contributed by atoms with Crippen molar-refractivity contribution in [2.24, 2.45) is 0 Å². The van der Waals surface area contributed by atoms with Gasteiger partial charge in [0.05, 0.1) is 23.9 Å². The zero-order chi connectivity index (χ0) is 15.0. The standard InChI is InChI=1S/C14H18F3NO2/c1-13(2)9-18(7-10(8-19)20-13)12-6-4-3-5-11(12)14(15,16)17/h3-6,10,19H,7-9H2,1-2H3. The van der Waals surface area contributed by atoms with Crippen molar-refractivity contribution in [1.29, 1.82) is 0 Å². The van der Waals surface area contributed by atoms with Crippen LogP contribution < -0.4 is 4.90 Å². The van der Waals surface area contributed by atoms with Gasteiger partial charge in [-0.2, -0.15) is 13.2 Å². The first kappa shape index (κ1) is 15.1. The summed E-state index contributed by atoms with van der Waals surface area (Å²) in [6.07, 6.45) is -4.88. The van der Waals surface area contributed by atoms with Crippen LogP contribution in [0.2, 0.25) is 0 Å². The zero-order valence-corrected chi connectivity index (χ0v) is 11.4. The highest BCUT2D eigenvalue weighted by atomic mass is 19.4. The number of rotatable bonds is 2. The van der Waals surface area contributed by atoms with E-state index >= 15 is 0 Å². The topological polar surface area (TPSA) is 32.7 Å². The molecule has 20 heavy (non-hydrogen) atoms. The number of hydrogen-bond acceptors (Lipinski definition) is 3. The predicted octanol–water partition coefficient (Wildman–Crippen LogP) is 2.68. The summed E-state index contributed by atoms with van der Waals surface area (Å²) in [5.74, 6) is 0. The molecule has 1 N–H and O–H groups in total. The van der Waals surface area contributed by atoms with Gasteiger partial charge in [0.2, 0.25) is 0 Å². The minimum absolute atomic E-state index is 0.134. The fourth-order valence-corrected chi connectivity index (χ4v) is 2.56. The lowest BCUT2D eigenvalue weighted by Crippen LogP contribution is -2.54. The van der Waals surface area contributed by atoms with Crippen LogP contribution in [0.15, 0.2) is 24.3 Å². The first-order chi connectivity index (χ1) is 9.23. The Morgan fingerprint density at radius 1 is 1.35 bits per heavy atom. The number of benzene rings is 1. The summed E-state index contributed by atoms with van der Waals surface area (Å²) in [5, 5.41) is 9.24. The molecule has 6 heteroatoms. The van der Waals surface area contributed by atoms with Crippen molar-refractivity contribution in [3.63, 3.8) is 0 Å². The van der Waals surface area contributed by atoms with Gasteiger partial charge in [-0.25, -0.2) is 0 Å². The van der Waals surface area contributed by atoms with Gasteiger partial charge in [0, 0.05) is 18.8 Å². The normalized spacial score (nSPS) is 22.9. The van der Waals surface area contributed by atoms with Crippen LogP contribution in [-0.4, -0.2) is 36.5 Å². The number of alkyl halides is 3. The predicted molar refractivity (Wildman–Crippen MR) is 69.7 cm³/mol. The van der Waals surface area contributed by atoms with E-state index < -0.39 is 23.4 Å². The first-order valence-corrected chi connectivity index (χ1v) is 6.43. The number of halogens is 3. The Morgan fingerprint density at radius 3 is 2.60 bits per heavy atom. The molecular weight excluding hydrogens is 271 g/mol. The third-order valence-corrected chi connectivity index (χ3v) is 3.24. The molecule has 0 radical (unpaired) electrons. The lowest BCUT2D eigenvalue weighted by atomic mass is 10.0. The first-order valence-electron chi connectivity index (χ1n) is 6.43. The average molecular weight is 289 g/mol. The minimum Gasteiger partial charge on any atom is -0.394 e. The van der Waals surface area contributed by atoms with Crippen LogP contribution in [0.1, 0.15) is 19.4 Å². The smallest absolute Gasteiger partial charge is 0.394 e. The van der Waals surface area contributed by atoms with Crippen LogP contribution in [0, 0.1) is 0 Å². The molecule has 1 fully saturated rings. The van der Waals surface area contributed by atoms with Crippen molar-refractivity contribution >= 4 is 5.69 Å². The number of ether oxygens (including phenoxy) is 1. The van der Waals surface area contributed by atoms with E-state index in [1.165, 1.54) is 12.1 Å². The summed E-state index contributed by atoms with van der Waals surface area (Å²) in [7, 11) is 0. The Hall–Kier alpha value is -1.27. The van der Waals surface area contributed by atoms with Crippen molar-refractivity contribution in [2.45, 2.75) is 31.7 Å². The fourth-order valence-electron chi connectivity index (χ4n) is 2.56. The molecule has 1 unspecified atom stereocenters. The summed E-state index contributed by atoms with van der Waals surface area (Å²) in [5.41, 5.74) is -1.13. The summed E-state index contributed by atoms with van der Waals surface area (Å²) < 4.78 is 44.8. The number of hydrogen-bond donors (Lipinski definition) is 1. The lowest BCUT2D eigenvalue weighted by molar-refractivity contribution is -0.137. The number of aliphatic hydroxyl groups excluding tert-OH is 1. The molecule has 2 rings (SSSR count). The molecule has 0 saturated carbocycles. The van der Waals surface area contributed by atoms with E-state index in [4.69, 9.17) is 4.74 Å². The number of aliphatic hydroxyl groups is 1. The Balaban J connectivity index is 2.36. The van der Waals surface area contributed by atoms with E-state index in [0.717, 1.165) is 6.07 Å². The van der Waals surface area contributed by atoms with E-state index in [-0.39, 0.29) is 18.8 Å². The van der Waals surface area contributed by atoms with Crippen LogP contribution in [0.4, 0.5) is 18.9 Å². The molecule has 112 valence electrons. The molecule has 1 aliphatic rings. The van der Waals surface area contributed by atoms with Crippen LogP contribution in [-0.2, 0) is 10.9 Å². The van der Waals surface area contributed by atoms with Gasteiger partial charge >= 0.3 is 6.18 Å². The summed E-state index contributed by atoms with van der Waals surface area (Å²) in [4.78, 5) is 1.63. The maximum Gasteiger partial charge on any atom is 0.418 e. The van der Waals surface area contributed by atoms with E-state index in [1.807, 2.05) is 0 Å². The van der Waals surface area contributed by atoms with Crippen LogP contribution in [0.3, 0.4) is 0 Å². The van der Waals surface area contributed by atoms with Crippen molar-refractivity contribution in [1.82, 2.24) is 0 Å². The minimum atomic E-state index is -4.40. The number of morpholine rings is 1.